The van der Waals surface area contributed by atoms with Gasteiger partial charge >= 0.3 is 0 Å². The van der Waals surface area contributed by atoms with Gasteiger partial charge in [-0.15, -0.1) is 0 Å². The number of benzene rings is 1. The zero-order chi connectivity index (χ0) is 16.4. The molecule has 1 rings (SSSR count). The topological polar surface area (TPSA) is 59.0 Å². The molecule has 1 aromatic carbocycles. The van der Waals surface area contributed by atoms with Crippen molar-refractivity contribution in [1.29, 1.82) is 0 Å². The molecule has 0 saturated carbocycles. The third-order valence-electron chi connectivity index (χ3n) is 3.02. The van der Waals surface area contributed by atoms with Crippen LogP contribution in [0, 0.1) is 0 Å². The zero-order valence-corrected chi connectivity index (χ0v) is 14.8. The van der Waals surface area contributed by atoms with Crippen LogP contribution in [0.2, 0.25) is 0 Å². The smallest absolute Gasteiger partial charge is 0.255 e. The van der Waals surface area contributed by atoms with E-state index < -0.39 is 13.4 Å². The van der Waals surface area contributed by atoms with Gasteiger partial charge in [-0.25, -0.2) is 4.42 Å². The first-order valence-electron chi connectivity index (χ1n) is 7.49. The van der Waals surface area contributed by atoms with Crippen LogP contribution in [0.1, 0.15) is 25.8 Å². The van der Waals surface area contributed by atoms with Crippen LogP contribution in [0.3, 0.4) is 0 Å². The molecule has 0 bridgehead atoms. The quantitative estimate of drug-likeness (QED) is 0.375. The Morgan fingerprint density at radius 3 is 2.36 bits per heavy atom. The van der Waals surface area contributed by atoms with E-state index in [-0.39, 0.29) is 6.16 Å². The summed E-state index contributed by atoms with van der Waals surface area (Å²) in [7, 11) is -3.50. The molecule has 0 aromatic heterocycles. The Kier molecular flexibility index (Phi) is 9.25. The Hall–Kier alpha value is -0.420. The number of halogens is 1. The molecule has 1 unspecified atom stereocenters. The van der Waals surface area contributed by atoms with Gasteiger partial charge in [-0.2, -0.15) is 0 Å². The summed E-state index contributed by atoms with van der Waals surface area (Å²) in [5, 5.41) is 0. The molecule has 5 nitrogen and oxygen atoms in total. The van der Waals surface area contributed by atoms with Crippen molar-refractivity contribution in [2.45, 2.75) is 32.8 Å². The van der Waals surface area contributed by atoms with Gasteiger partial charge in [-0.3, -0.25) is 4.57 Å². The summed E-state index contributed by atoms with van der Waals surface area (Å²) in [5.41, 5.74) is 1.10. The van der Waals surface area contributed by atoms with E-state index >= 15 is 0 Å². The fourth-order valence-electron chi connectivity index (χ4n) is 2.00. The van der Waals surface area contributed by atoms with Gasteiger partial charge in [0.05, 0.1) is 0 Å². The highest BCUT2D eigenvalue weighted by atomic mass is 35.5. The molecule has 126 valence electrons. The summed E-state index contributed by atoms with van der Waals surface area (Å²) in [5.74, 6) is 0. The monoisotopic (exact) mass is 349 g/mol. The number of hydrogen-bond donors (Lipinski definition) is 1. The molecule has 0 spiro atoms. The molecule has 1 atom stereocenters. The fourth-order valence-corrected chi connectivity index (χ4v) is 3.83. The second-order valence-corrected chi connectivity index (χ2v) is 7.74. The van der Waals surface area contributed by atoms with Crippen molar-refractivity contribution < 1.29 is 18.9 Å². The van der Waals surface area contributed by atoms with E-state index in [1.165, 1.54) is 0 Å². The first kappa shape index (κ1) is 19.6. The maximum absolute atomic E-state index is 12.3. The minimum absolute atomic E-state index is 0.121. The van der Waals surface area contributed by atoms with E-state index in [2.05, 4.69) is 0 Å². The predicted octanol–water partition coefficient (Wildman–Crippen LogP) is 3.66. The lowest BCUT2D eigenvalue weighted by Gasteiger charge is -2.23. The van der Waals surface area contributed by atoms with Crippen molar-refractivity contribution in [3.05, 3.63) is 35.9 Å². The van der Waals surface area contributed by atoms with E-state index in [0.717, 1.165) is 5.56 Å². The maximum atomic E-state index is 12.3. The van der Waals surface area contributed by atoms with Gasteiger partial charge in [0.25, 0.3) is 7.37 Å². The molecular weight excluding hydrogens is 325 g/mol. The molecule has 0 aliphatic carbocycles. The summed E-state index contributed by atoms with van der Waals surface area (Å²) in [4.78, 5) is 10.1. The van der Waals surface area contributed by atoms with Crippen LogP contribution < -0.4 is 0 Å². The normalized spacial score (nSPS) is 14.5. The van der Waals surface area contributed by atoms with Gasteiger partial charge in [0.15, 0.2) is 0 Å². The van der Waals surface area contributed by atoms with Crippen molar-refractivity contribution in [3.8, 4) is 0 Å². The van der Waals surface area contributed by atoms with E-state index in [4.69, 9.17) is 21.3 Å². The highest BCUT2D eigenvalue weighted by molar-refractivity contribution is 7.58. The summed E-state index contributed by atoms with van der Waals surface area (Å²) in [6, 6.07) is 8.80. The van der Waals surface area contributed by atoms with Crippen LogP contribution in [0.4, 0.5) is 0 Å². The number of hydrogen-bond acceptors (Lipinski definition) is 4. The van der Waals surface area contributed by atoms with Crippen LogP contribution in [0.15, 0.2) is 30.3 Å². The molecular formula is C15H25ClNO4P. The Labute approximate surface area is 137 Å². The zero-order valence-electron chi connectivity index (χ0n) is 13.2. The highest BCUT2D eigenvalue weighted by Gasteiger charge is 2.31. The van der Waals surface area contributed by atoms with Crippen molar-refractivity contribution in [2.24, 2.45) is 0 Å². The fraction of sp³-hybridized carbons (Fsp3) is 0.600. The Morgan fingerprint density at radius 2 is 1.82 bits per heavy atom. The van der Waals surface area contributed by atoms with Crippen molar-refractivity contribution >= 4 is 19.1 Å². The van der Waals surface area contributed by atoms with Gasteiger partial charge in [0.1, 0.15) is 0 Å². The van der Waals surface area contributed by atoms with E-state index in [1.807, 2.05) is 30.3 Å². The van der Waals surface area contributed by atoms with Crippen LogP contribution in [0.25, 0.3) is 0 Å². The van der Waals surface area contributed by atoms with Gasteiger partial charge in [-0.1, -0.05) is 30.3 Å². The third kappa shape index (κ3) is 7.23. The van der Waals surface area contributed by atoms with Gasteiger partial charge in [0, 0.05) is 32.5 Å². The Balaban J connectivity index is 2.39. The maximum Gasteiger partial charge on any atom is 0.255 e. The molecule has 0 radical (unpaired) electrons. The molecule has 7 heteroatoms. The second-order valence-electron chi connectivity index (χ2n) is 4.88. The molecule has 1 aromatic rings. The molecule has 22 heavy (non-hydrogen) atoms. The second kappa shape index (κ2) is 10.4. The first-order valence-corrected chi connectivity index (χ1v) is 9.74. The van der Waals surface area contributed by atoms with Crippen LogP contribution in [0.5, 0.6) is 0 Å². The SMILES string of the molecule is CCOC(OCC)P(=O)(O)CCCN(Cl)Cc1ccccc1. The van der Waals surface area contributed by atoms with E-state index in [0.29, 0.717) is 32.7 Å². The largest absolute Gasteiger partial charge is 0.345 e. The summed E-state index contributed by atoms with van der Waals surface area (Å²) in [6.45, 7) is 5.33. The summed E-state index contributed by atoms with van der Waals surface area (Å²) < 4.78 is 24.3. The number of nitrogens with zero attached hydrogens (tertiary/aromatic N) is 1. The molecule has 0 amide bonds. The number of rotatable bonds is 11. The van der Waals surface area contributed by atoms with E-state index in [1.54, 1.807) is 18.3 Å². The van der Waals surface area contributed by atoms with Crippen molar-refractivity contribution in [2.75, 3.05) is 25.9 Å². The predicted molar refractivity (Wildman–Crippen MR) is 89.1 cm³/mol. The van der Waals surface area contributed by atoms with Crippen LogP contribution in [-0.2, 0) is 20.6 Å². The van der Waals surface area contributed by atoms with Crippen LogP contribution >= 0.6 is 19.1 Å². The standard InChI is InChI=1S/C15H25ClNO4P/c1-3-20-15(21-4-2)22(18,19)12-8-11-17(16)13-14-9-6-5-7-10-14/h5-7,9-10,15H,3-4,8,11-13H2,1-2H3,(H,18,19). The van der Waals surface area contributed by atoms with Crippen LogP contribution in [-0.4, -0.2) is 41.3 Å². The van der Waals surface area contributed by atoms with Crippen molar-refractivity contribution in [3.63, 3.8) is 0 Å². The molecule has 1 N–H and O–H groups in total. The minimum Gasteiger partial charge on any atom is -0.345 e. The Morgan fingerprint density at radius 1 is 1.23 bits per heavy atom. The van der Waals surface area contributed by atoms with Gasteiger partial charge in [0.2, 0.25) is 6.03 Å². The average molecular weight is 350 g/mol. The molecule has 0 aliphatic heterocycles. The third-order valence-corrected chi connectivity index (χ3v) is 5.23. The average Bonchev–Trinajstić information content (AvgIpc) is 2.48. The number of ether oxygens (including phenoxy) is 2. The molecule has 0 fully saturated rings. The summed E-state index contributed by atoms with van der Waals surface area (Å²) in [6.07, 6.45) is 0.621. The Bertz CT molecular complexity index is 454. The lowest BCUT2D eigenvalue weighted by Crippen LogP contribution is -2.21. The first-order chi connectivity index (χ1) is 10.5. The lowest BCUT2D eigenvalue weighted by atomic mass is 10.2. The molecule has 0 aliphatic rings. The van der Waals surface area contributed by atoms with Crippen molar-refractivity contribution in [1.82, 2.24) is 4.42 Å². The minimum atomic E-state index is -3.50. The van der Waals surface area contributed by atoms with E-state index in [9.17, 15) is 9.46 Å². The molecule has 0 heterocycles. The van der Waals surface area contributed by atoms with Gasteiger partial charge < -0.3 is 14.4 Å². The van der Waals surface area contributed by atoms with Gasteiger partial charge in [-0.05, 0) is 37.6 Å². The molecule has 0 saturated heterocycles. The lowest BCUT2D eigenvalue weighted by molar-refractivity contribution is -0.0871. The highest BCUT2D eigenvalue weighted by Crippen LogP contribution is 2.47. The summed E-state index contributed by atoms with van der Waals surface area (Å²) >= 11 is 6.15.